The zero-order chi connectivity index (χ0) is 26.5. The third-order valence-electron chi connectivity index (χ3n) is 6.30. The maximum atomic E-state index is 12.5. The van der Waals surface area contributed by atoms with Gasteiger partial charge in [0.05, 0.1) is 17.8 Å². The average Bonchev–Trinajstić information content (AvgIpc) is 2.92. The number of rotatable bonds is 9. The number of aromatic amines is 1. The second-order valence-corrected chi connectivity index (χ2v) is 9.75. The summed E-state index contributed by atoms with van der Waals surface area (Å²) < 4.78 is 10.7. The summed E-state index contributed by atoms with van der Waals surface area (Å²) >= 11 is 12.4. The van der Waals surface area contributed by atoms with Crippen molar-refractivity contribution in [3.8, 4) is 5.75 Å². The number of halogens is 2. The molecule has 0 aliphatic rings. The number of benzene rings is 4. The first-order chi connectivity index (χ1) is 18.5. The Balaban J connectivity index is 1.54. The molecular weight excluding hydrogens is 519 g/mol. The summed E-state index contributed by atoms with van der Waals surface area (Å²) in [5.74, 6) is 0.691. The SMILES string of the molecule is COCCOc1ccc(Nc2cc(=O)[nH]c3ccc(C(c4ccc(Cl)cc4)c4ccc(Cl)cc4)cc23)cc1. The predicted molar refractivity (Wildman–Crippen MR) is 156 cm³/mol. The first kappa shape index (κ1) is 25.9. The molecule has 0 fully saturated rings. The fourth-order valence-corrected chi connectivity index (χ4v) is 4.73. The number of hydrogen-bond acceptors (Lipinski definition) is 4. The van der Waals surface area contributed by atoms with E-state index in [9.17, 15) is 4.79 Å². The van der Waals surface area contributed by atoms with Crippen LogP contribution >= 0.6 is 23.2 Å². The summed E-state index contributed by atoms with van der Waals surface area (Å²) in [6.45, 7) is 1.00. The van der Waals surface area contributed by atoms with E-state index >= 15 is 0 Å². The molecule has 38 heavy (non-hydrogen) atoms. The van der Waals surface area contributed by atoms with Crippen LogP contribution in [0, 0.1) is 0 Å². The van der Waals surface area contributed by atoms with Crippen LogP contribution in [0.1, 0.15) is 22.6 Å². The van der Waals surface area contributed by atoms with E-state index in [1.54, 1.807) is 13.2 Å². The maximum Gasteiger partial charge on any atom is 0.250 e. The first-order valence-corrected chi connectivity index (χ1v) is 12.9. The van der Waals surface area contributed by atoms with Gasteiger partial charge < -0.3 is 19.8 Å². The van der Waals surface area contributed by atoms with E-state index in [4.69, 9.17) is 32.7 Å². The lowest BCUT2D eigenvalue weighted by molar-refractivity contribution is 0.146. The standard InChI is InChI=1S/C31H26Cl2N2O3/c1-37-16-17-38-26-13-11-25(12-14-26)34-29-19-30(36)35-28-15-6-22(18-27(28)29)31(20-2-7-23(32)8-3-20)21-4-9-24(33)10-5-21/h2-15,18-19,31H,16-17H2,1H3,(H2,34,35,36). The Kier molecular flexibility index (Phi) is 7.99. The summed E-state index contributed by atoms with van der Waals surface area (Å²) in [6, 6.07) is 31.0. The van der Waals surface area contributed by atoms with Gasteiger partial charge >= 0.3 is 0 Å². The van der Waals surface area contributed by atoms with Crippen molar-refractivity contribution in [1.82, 2.24) is 4.98 Å². The van der Waals surface area contributed by atoms with Gasteiger partial charge in [0.15, 0.2) is 0 Å². The molecule has 5 rings (SSSR count). The van der Waals surface area contributed by atoms with Gasteiger partial charge in [0.1, 0.15) is 12.4 Å². The zero-order valence-corrected chi connectivity index (χ0v) is 22.2. The molecule has 5 nitrogen and oxygen atoms in total. The molecule has 0 radical (unpaired) electrons. The van der Waals surface area contributed by atoms with Gasteiger partial charge in [0.25, 0.3) is 0 Å². The number of anilines is 2. The lowest BCUT2D eigenvalue weighted by Crippen LogP contribution is -2.08. The smallest absolute Gasteiger partial charge is 0.250 e. The highest BCUT2D eigenvalue weighted by atomic mass is 35.5. The second kappa shape index (κ2) is 11.7. The lowest BCUT2D eigenvalue weighted by atomic mass is 9.84. The molecule has 0 aliphatic heterocycles. The molecule has 0 saturated carbocycles. The van der Waals surface area contributed by atoms with Gasteiger partial charge in [0, 0.05) is 40.2 Å². The van der Waals surface area contributed by atoms with Gasteiger partial charge in [-0.25, -0.2) is 0 Å². The number of aromatic nitrogens is 1. The number of H-pyrrole nitrogens is 1. The molecule has 0 atom stereocenters. The number of ether oxygens (including phenoxy) is 2. The van der Waals surface area contributed by atoms with Crippen LogP contribution in [0.4, 0.5) is 11.4 Å². The van der Waals surface area contributed by atoms with Crippen molar-refractivity contribution in [3.63, 3.8) is 0 Å². The molecule has 0 unspecified atom stereocenters. The highest BCUT2D eigenvalue weighted by Crippen LogP contribution is 2.36. The Morgan fingerprint density at radius 1 is 0.763 bits per heavy atom. The zero-order valence-electron chi connectivity index (χ0n) is 20.7. The number of pyridine rings is 1. The minimum atomic E-state index is -0.181. The maximum absolute atomic E-state index is 12.5. The van der Waals surface area contributed by atoms with E-state index in [2.05, 4.69) is 16.4 Å². The van der Waals surface area contributed by atoms with Crippen LogP contribution in [0.25, 0.3) is 10.9 Å². The molecule has 0 bridgehead atoms. The highest BCUT2D eigenvalue weighted by Gasteiger charge is 2.18. The summed E-state index contributed by atoms with van der Waals surface area (Å²) in [5, 5.41) is 5.67. The highest BCUT2D eigenvalue weighted by molar-refractivity contribution is 6.30. The number of methoxy groups -OCH3 is 1. The molecule has 0 spiro atoms. The van der Waals surface area contributed by atoms with E-state index in [-0.39, 0.29) is 11.5 Å². The first-order valence-electron chi connectivity index (χ1n) is 12.2. The summed E-state index contributed by atoms with van der Waals surface area (Å²) in [5.41, 5.74) is 5.38. The normalized spacial score (nSPS) is 11.2. The van der Waals surface area contributed by atoms with Gasteiger partial charge in [-0.05, 0) is 77.4 Å². The van der Waals surface area contributed by atoms with E-state index < -0.39 is 0 Å². The van der Waals surface area contributed by atoms with Crippen LogP contribution < -0.4 is 15.6 Å². The molecule has 192 valence electrons. The van der Waals surface area contributed by atoms with Crippen molar-refractivity contribution < 1.29 is 9.47 Å². The Labute approximate surface area is 231 Å². The molecule has 1 aromatic heterocycles. The third-order valence-corrected chi connectivity index (χ3v) is 6.80. The quantitative estimate of drug-likeness (QED) is 0.147. The Morgan fingerprint density at radius 2 is 1.37 bits per heavy atom. The molecule has 0 amide bonds. The van der Waals surface area contributed by atoms with Crippen molar-refractivity contribution in [1.29, 1.82) is 0 Å². The Hall–Kier alpha value is -3.77. The predicted octanol–water partition coefficient (Wildman–Crippen LogP) is 7.78. The van der Waals surface area contributed by atoms with Crippen LogP contribution in [0.5, 0.6) is 5.75 Å². The van der Waals surface area contributed by atoms with Crippen molar-refractivity contribution in [2.75, 3.05) is 25.6 Å². The fraction of sp³-hybridized carbons (Fsp3) is 0.129. The van der Waals surface area contributed by atoms with E-state index in [1.807, 2.05) is 84.9 Å². The molecule has 4 aromatic carbocycles. The van der Waals surface area contributed by atoms with Gasteiger partial charge in [-0.15, -0.1) is 0 Å². The molecule has 2 N–H and O–H groups in total. The third kappa shape index (κ3) is 6.03. The van der Waals surface area contributed by atoms with Crippen LogP contribution in [-0.4, -0.2) is 25.3 Å². The molecule has 7 heteroatoms. The molecule has 5 aromatic rings. The summed E-state index contributed by atoms with van der Waals surface area (Å²) in [6.07, 6.45) is 0. The van der Waals surface area contributed by atoms with Crippen molar-refractivity contribution >= 4 is 45.5 Å². The van der Waals surface area contributed by atoms with E-state index in [0.717, 1.165) is 39.0 Å². The molecule has 0 saturated heterocycles. The minimum absolute atomic E-state index is 0.0581. The number of hydrogen-bond donors (Lipinski definition) is 2. The second-order valence-electron chi connectivity index (χ2n) is 8.88. The molecular formula is C31H26Cl2N2O3. The topological polar surface area (TPSA) is 63.4 Å². The molecule has 1 heterocycles. The van der Waals surface area contributed by atoms with Crippen LogP contribution in [0.2, 0.25) is 10.0 Å². The Morgan fingerprint density at radius 3 is 1.97 bits per heavy atom. The number of nitrogens with one attached hydrogen (secondary N) is 2. The fourth-order valence-electron chi connectivity index (χ4n) is 4.48. The van der Waals surface area contributed by atoms with Crippen molar-refractivity contribution in [2.45, 2.75) is 5.92 Å². The van der Waals surface area contributed by atoms with Crippen LogP contribution in [0.15, 0.2) is 102 Å². The Bertz CT molecular complexity index is 1540. The monoisotopic (exact) mass is 544 g/mol. The van der Waals surface area contributed by atoms with Crippen molar-refractivity contribution in [2.24, 2.45) is 0 Å². The van der Waals surface area contributed by atoms with Gasteiger partial charge in [-0.3, -0.25) is 4.79 Å². The van der Waals surface area contributed by atoms with Gasteiger partial charge in [0.2, 0.25) is 5.56 Å². The van der Waals surface area contributed by atoms with Crippen LogP contribution in [-0.2, 0) is 4.74 Å². The average molecular weight is 545 g/mol. The minimum Gasteiger partial charge on any atom is -0.491 e. The largest absolute Gasteiger partial charge is 0.491 e. The van der Waals surface area contributed by atoms with Crippen LogP contribution in [0.3, 0.4) is 0 Å². The van der Waals surface area contributed by atoms with E-state index in [1.165, 1.54) is 0 Å². The van der Waals surface area contributed by atoms with Crippen molar-refractivity contribution in [3.05, 3.63) is 134 Å². The van der Waals surface area contributed by atoms with E-state index in [0.29, 0.717) is 28.9 Å². The number of fused-ring (bicyclic) bond motifs is 1. The summed E-state index contributed by atoms with van der Waals surface area (Å²) in [7, 11) is 1.64. The molecule has 0 aliphatic carbocycles. The van der Waals surface area contributed by atoms with Gasteiger partial charge in [-0.1, -0.05) is 53.5 Å². The summed E-state index contributed by atoms with van der Waals surface area (Å²) in [4.78, 5) is 15.4. The lowest BCUT2D eigenvalue weighted by Gasteiger charge is -2.20. The van der Waals surface area contributed by atoms with Gasteiger partial charge in [-0.2, -0.15) is 0 Å².